The molecule has 1 aromatic carbocycles. The monoisotopic (exact) mass is 294 g/mol. The number of urea groups is 1. The summed E-state index contributed by atoms with van der Waals surface area (Å²) in [5.74, 6) is -0.567. The molecule has 0 radical (unpaired) electrons. The molecule has 0 aliphatic rings. The van der Waals surface area contributed by atoms with E-state index in [1.165, 1.54) is 6.07 Å². The Morgan fingerprint density at radius 3 is 2.53 bits per heavy atom. The average Bonchev–Trinajstić information content (AvgIpc) is 2.28. The van der Waals surface area contributed by atoms with E-state index in [9.17, 15) is 22.8 Å². The minimum Gasteiger partial charge on any atom is -0.308 e. The molecular weight excluding hydrogens is 285 g/mol. The highest BCUT2D eigenvalue weighted by Gasteiger charge is 2.30. The standard InChI is InChI=1S/C11H10ClF3N2O2/c12-5-4-9(18)17-10(19)16-8-3-1-2-7(6-8)11(13,14)15/h1-3,6H,4-5H2,(H2,16,17,18,19). The molecule has 1 aromatic rings. The predicted molar refractivity (Wildman–Crippen MR) is 63.9 cm³/mol. The van der Waals surface area contributed by atoms with Gasteiger partial charge in [-0.2, -0.15) is 13.2 Å². The van der Waals surface area contributed by atoms with Gasteiger partial charge in [0.05, 0.1) is 5.56 Å². The van der Waals surface area contributed by atoms with Crippen molar-refractivity contribution in [3.63, 3.8) is 0 Å². The third-order valence-electron chi connectivity index (χ3n) is 2.02. The lowest BCUT2D eigenvalue weighted by Crippen LogP contribution is -2.34. The van der Waals surface area contributed by atoms with Crippen LogP contribution in [0.2, 0.25) is 0 Å². The number of halogens is 4. The van der Waals surface area contributed by atoms with Crippen LogP contribution in [0, 0.1) is 0 Å². The third kappa shape index (κ3) is 5.17. The summed E-state index contributed by atoms with van der Waals surface area (Å²) in [6, 6.07) is 3.17. The Morgan fingerprint density at radius 2 is 1.95 bits per heavy atom. The van der Waals surface area contributed by atoms with Crippen molar-refractivity contribution in [2.45, 2.75) is 12.6 Å². The second kappa shape index (κ2) is 6.42. The van der Waals surface area contributed by atoms with Crippen LogP contribution in [0.5, 0.6) is 0 Å². The average molecular weight is 295 g/mol. The van der Waals surface area contributed by atoms with Crippen LogP contribution in [-0.4, -0.2) is 17.8 Å². The number of hydrogen-bond donors (Lipinski definition) is 2. The molecule has 4 nitrogen and oxygen atoms in total. The highest BCUT2D eigenvalue weighted by molar-refractivity contribution is 6.19. The van der Waals surface area contributed by atoms with Gasteiger partial charge in [0.2, 0.25) is 5.91 Å². The summed E-state index contributed by atoms with van der Waals surface area (Å²) >= 11 is 5.29. The number of carbonyl (C=O) groups is 2. The van der Waals surface area contributed by atoms with Gasteiger partial charge >= 0.3 is 12.2 Å². The first-order valence-electron chi connectivity index (χ1n) is 5.17. The molecule has 2 N–H and O–H groups in total. The Labute approximate surface area is 111 Å². The Kier molecular flexibility index (Phi) is 5.17. The highest BCUT2D eigenvalue weighted by Crippen LogP contribution is 2.30. The summed E-state index contributed by atoms with van der Waals surface area (Å²) in [5.41, 5.74) is -0.955. The molecule has 0 aliphatic carbocycles. The van der Waals surface area contributed by atoms with Gasteiger partial charge in [0.25, 0.3) is 0 Å². The minimum absolute atomic E-state index is 0.0443. The van der Waals surface area contributed by atoms with E-state index in [2.05, 4.69) is 5.32 Å². The van der Waals surface area contributed by atoms with Crippen LogP contribution in [-0.2, 0) is 11.0 Å². The fraction of sp³-hybridized carbons (Fsp3) is 0.273. The lowest BCUT2D eigenvalue weighted by Gasteiger charge is -2.10. The van der Waals surface area contributed by atoms with Gasteiger partial charge < -0.3 is 5.32 Å². The number of hydrogen-bond acceptors (Lipinski definition) is 2. The number of carbonyl (C=O) groups excluding carboxylic acids is 2. The first-order valence-corrected chi connectivity index (χ1v) is 5.70. The summed E-state index contributed by atoms with van der Waals surface area (Å²) in [7, 11) is 0. The Balaban J connectivity index is 2.67. The van der Waals surface area contributed by atoms with Gasteiger partial charge in [-0.15, -0.1) is 11.6 Å². The van der Waals surface area contributed by atoms with E-state index in [1.54, 1.807) is 0 Å². The van der Waals surface area contributed by atoms with Gasteiger partial charge in [0, 0.05) is 18.0 Å². The first kappa shape index (κ1) is 15.3. The quantitative estimate of drug-likeness (QED) is 0.842. The van der Waals surface area contributed by atoms with Crippen molar-refractivity contribution in [1.82, 2.24) is 5.32 Å². The van der Waals surface area contributed by atoms with E-state index in [4.69, 9.17) is 11.6 Å². The zero-order valence-electron chi connectivity index (χ0n) is 9.55. The lowest BCUT2D eigenvalue weighted by molar-refractivity contribution is -0.137. The van der Waals surface area contributed by atoms with E-state index in [-0.39, 0.29) is 18.0 Å². The molecule has 19 heavy (non-hydrogen) atoms. The molecular formula is C11H10ClF3N2O2. The second-order valence-electron chi connectivity index (χ2n) is 3.52. The van der Waals surface area contributed by atoms with Crippen molar-refractivity contribution in [3.8, 4) is 0 Å². The van der Waals surface area contributed by atoms with Crippen LogP contribution < -0.4 is 10.6 Å². The molecule has 0 bridgehead atoms. The van der Waals surface area contributed by atoms with Crippen LogP contribution in [0.15, 0.2) is 24.3 Å². The number of alkyl halides is 4. The predicted octanol–water partition coefficient (Wildman–Crippen LogP) is 2.98. The van der Waals surface area contributed by atoms with E-state index in [0.29, 0.717) is 0 Å². The Hall–Kier alpha value is -1.76. The largest absolute Gasteiger partial charge is 0.416 e. The molecule has 0 fully saturated rings. The van der Waals surface area contributed by atoms with Crippen molar-refractivity contribution in [3.05, 3.63) is 29.8 Å². The van der Waals surface area contributed by atoms with Crippen LogP contribution in [0.25, 0.3) is 0 Å². The molecule has 0 aromatic heterocycles. The van der Waals surface area contributed by atoms with Gasteiger partial charge in [-0.3, -0.25) is 10.1 Å². The smallest absolute Gasteiger partial charge is 0.308 e. The first-order chi connectivity index (χ1) is 8.82. The lowest BCUT2D eigenvalue weighted by atomic mass is 10.2. The minimum atomic E-state index is -4.50. The molecule has 1 rings (SSSR count). The number of benzene rings is 1. The van der Waals surface area contributed by atoms with Gasteiger partial charge in [-0.25, -0.2) is 4.79 Å². The molecule has 0 atom stereocenters. The number of rotatable bonds is 3. The normalized spacial score (nSPS) is 10.9. The molecule has 0 unspecified atom stereocenters. The van der Waals surface area contributed by atoms with Crippen molar-refractivity contribution in [2.75, 3.05) is 11.2 Å². The second-order valence-corrected chi connectivity index (χ2v) is 3.90. The maximum absolute atomic E-state index is 12.4. The molecule has 3 amide bonds. The van der Waals surface area contributed by atoms with Crippen LogP contribution in [0.3, 0.4) is 0 Å². The maximum atomic E-state index is 12.4. The Bertz CT molecular complexity index is 477. The van der Waals surface area contributed by atoms with Crippen LogP contribution in [0.4, 0.5) is 23.7 Å². The zero-order valence-corrected chi connectivity index (χ0v) is 10.3. The van der Waals surface area contributed by atoms with Gasteiger partial charge in [0.1, 0.15) is 0 Å². The third-order valence-corrected chi connectivity index (χ3v) is 2.21. The summed E-state index contributed by atoms with van der Waals surface area (Å²) in [6.45, 7) is 0. The summed E-state index contributed by atoms with van der Waals surface area (Å²) < 4.78 is 37.3. The highest BCUT2D eigenvalue weighted by atomic mass is 35.5. The number of imide groups is 1. The van der Waals surface area contributed by atoms with Gasteiger partial charge in [-0.1, -0.05) is 6.07 Å². The van der Waals surface area contributed by atoms with Gasteiger partial charge in [-0.05, 0) is 18.2 Å². The van der Waals surface area contributed by atoms with Gasteiger partial charge in [0.15, 0.2) is 0 Å². The fourth-order valence-corrected chi connectivity index (χ4v) is 1.38. The topological polar surface area (TPSA) is 58.2 Å². The SMILES string of the molecule is O=C(CCCl)NC(=O)Nc1cccc(C(F)(F)F)c1. The molecule has 0 aliphatic heterocycles. The fourth-order valence-electron chi connectivity index (χ4n) is 1.21. The van der Waals surface area contributed by atoms with E-state index in [0.717, 1.165) is 18.2 Å². The van der Waals surface area contributed by atoms with Crippen molar-refractivity contribution < 1.29 is 22.8 Å². The summed E-state index contributed by atoms with van der Waals surface area (Å²) in [6.07, 6.45) is -4.56. The van der Waals surface area contributed by atoms with E-state index in [1.807, 2.05) is 5.32 Å². The van der Waals surface area contributed by atoms with E-state index < -0.39 is 23.7 Å². The summed E-state index contributed by atoms with van der Waals surface area (Å²) in [5, 5.41) is 4.06. The van der Waals surface area contributed by atoms with Crippen molar-refractivity contribution in [2.24, 2.45) is 0 Å². The van der Waals surface area contributed by atoms with Crippen molar-refractivity contribution >= 4 is 29.2 Å². The number of anilines is 1. The number of amides is 3. The molecule has 104 valence electrons. The van der Waals surface area contributed by atoms with Crippen molar-refractivity contribution in [1.29, 1.82) is 0 Å². The molecule has 0 saturated heterocycles. The number of nitrogens with one attached hydrogen (secondary N) is 2. The summed E-state index contributed by atoms with van der Waals surface area (Å²) in [4.78, 5) is 22.3. The van der Waals surface area contributed by atoms with Crippen LogP contribution >= 0.6 is 11.6 Å². The zero-order chi connectivity index (χ0) is 14.5. The molecule has 0 saturated carbocycles. The maximum Gasteiger partial charge on any atom is 0.416 e. The molecule has 0 spiro atoms. The van der Waals surface area contributed by atoms with Crippen LogP contribution in [0.1, 0.15) is 12.0 Å². The van der Waals surface area contributed by atoms with E-state index >= 15 is 0 Å². The molecule has 0 heterocycles. The Morgan fingerprint density at radius 1 is 1.26 bits per heavy atom. The molecule has 8 heteroatoms.